The third kappa shape index (κ3) is 23.1. The molecule has 0 fully saturated rings. The van der Waals surface area contributed by atoms with E-state index in [1.807, 2.05) is 48.5 Å². The Morgan fingerprint density at radius 1 is 0.540 bits per heavy atom. The monoisotopic (exact) mass is 1220 g/mol. The lowest BCUT2D eigenvalue weighted by molar-refractivity contribution is -0.126. The maximum Gasteiger partial charge on any atom is 0.246 e. The van der Waals surface area contributed by atoms with Crippen LogP contribution in [-0.4, -0.2) is 108 Å². The normalized spacial score (nSPS) is 12.4. The van der Waals surface area contributed by atoms with Crippen LogP contribution in [0.25, 0.3) is 12.2 Å². The number of amides is 5. The van der Waals surface area contributed by atoms with Gasteiger partial charge in [0.05, 0.1) is 32.9 Å². The molecule has 3 aromatic carbocycles. The number of carbonyl (C=O) groups excluding carboxylic acids is 5. The molecular weight excluding hydrogens is 1120 g/mol. The molecule has 2 aliphatic rings. The Morgan fingerprint density at radius 2 is 0.862 bits per heavy atom. The number of fused-ring (bicyclic) bond motifs is 2. The summed E-state index contributed by atoms with van der Waals surface area (Å²) in [6.07, 6.45) is 14.0. The van der Waals surface area contributed by atoms with Gasteiger partial charge in [0.2, 0.25) is 29.5 Å². The van der Waals surface area contributed by atoms with E-state index in [2.05, 4.69) is 118 Å². The molecule has 0 bridgehead atoms. The SMILES string of the molecule is C.C.C=CC(=O)N(C)Cc1cccc(C(C)C)c1OCCC.CCCOc1c(CN(C)C(=O)/C=C/c2cnc3c(c2)CNCC(=O)N3)cccc1C(C)C.CCCOc1c(CN(C)C(=O)/C=C/c2cnc3c(c2)CNCC(=O)N3)cccc1C(C)C.Cl. The summed E-state index contributed by atoms with van der Waals surface area (Å²) in [5.74, 6) is 4.36. The Kier molecular flexibility index (Phi) is 33.1. The van der Waals surface area contributed by atoms with E-state index in [0.29, 0.717) is 81.9 Å². The first kappa shape index (κ1) is 75.2. The van der Waals surface area contributed by atoms with Gasteiger partial charge in [0.15, 0.2) is 0 Å². The number of aromatic nitrogens is 2. The summed E-state index contributed by atoms with van der Waals surface area (Å²) in [6, 6.07) is 22.2. The molecule has 0 spiro atoms. The van der Waals surface area contributed by atoms with Gasteiger partial charge < -0.3 is 50.2 Å². The highest BCUT2D eigenvalue weighted by atomic mass is 35.5. The van der Waals surface area contributed by atoms with Gasteiger partial charge >= 0.3 is 0 Å². The number of anilines is 2. The predicted molar refractivity (Wildman–Crippen MR) is 356 cm³/mol. The van der Waals surface area contributed by atoms with Gasteiger partial charge in [0.1, 0.15) is 28.9 Å². The fraction of sp³-hybridized carbons (Fsp3) is 0.435. The standard InChI is InChI=1S/2C25H32N4O3.C17H25NO2.2CH4.ClH/c2*1-5-11-32-24-19(7-6-8-21(24)17(2)3)16-29(4)23(31)10-9-18-12-20-14-26-15-22(30)28-25(20)27-13-18;1-6-11-20-17-14(12-18(5)16(19)7-2)9-8-10-15(17)13(3)4;;;/h2*6-10,12-13,17,26H,5,11,14-16H2,1-4H3,(H,27,28,30);7-10,13H,2,6,11-12H2,1,3-5H3;2*1H4;1H/b2*10-9+;;;;. The van der Waals surface area contributed by atoms with Gasteiger partial charge in [-0.05, 0) is 95.2 Å². The van der Waals surface area contributed by atoms with E-state index in [4.69, 9.17) is 14.2 Å². The van der Waals surface area contributed by atoms with Crippen LogP contribution < -0.4 is 35.5 Å². The summed E-state index contributed by atoms with van der Waals surface area (Å²) in [6.45, 7) is 27.7. The summed E-state index contributed by atoms with van der Waals surface area (Å²) in [7, 11) is 5.34. The van der Waals surface area contributed by atoms with Crippen molar-refractivity contribution in [2.45, 2.75) is 147 Å². The average Bonchev–Trinajstić information content (AvgIpc) is 3.99. The lowest BCUT2D eigenvalue weighted by Crippen LogP contribution is -2.24. The Bertz CT molecular complexity index is 2940. The van der Waals surface area contributed by atoms with Crippen molar-refractivity contribution in [1.29, 1.82) is 0 Å². The summed E-state index contributed by atoms with van der Waals surface area (Å²) < 4.78 is 18.0. The van der Waals surface area contributed by atoms with Gasteiger partial charge in [-0.1, -0.05) is 138 Å². The van der Waals surface area contributed by atoms with E-state index in [-0.39, 0.29) is 69.9 Å². The number of pyridine rings is 2. The zero-order valence-electron chi connectivity index (χ0n) is 51.9. The minimum Gasteiger partial charge on any atom is -0.493 e. The maximum atomic E-state index is 12.8. The molecule has 5 aromatic rings. The quantitative estimate of drug-likeness (QED) is 0.0452. The second-order valence-corrected chi connectivity index (χ2v) is 21.8. The van der Waals surface area contributed by atoms with Gasteiger partial charge in [-0.15, -0.1) is 12.4 Å². The molecule has 474 valence electrons. The first-order valence-corrected chi connectivity index (χ1v) is 29.2. The third-order valence-corrected chi connectivity index (χ3v) is 13.7. The van der Waals surface area contributed by atoms with Crippen molar-refractivity contribution >= 4 is 65.7 Å². The molecule has 18 heteroatoms. The number of hydrogen-bond acceptors (Lipinski definition) is 12. The van der Waals surface area contributed by atoms with Crippen LogP contribution >= 0.6 is 12.4 Å². The lowest BCUT2D eigenvalue weighted by Gasteiger charge is -2.21. The first-order valence-electron chi connectivity index (χ1n) is 29.2. The van der Waals surface area contributed by atoms with E-state index in [1.165, 1.54) is 11.6 Å². The van der Waals surface area contributed by atoms with Crippen LogP contribution in [-0.2, 0) is 56.7 Å². The molecule has 5 amide bonds. The van der Waals surface area contributed by atoms with Crippen LogP contribution in [0.1, 0.15) is 170 Å². The Balaban J connectivity index is 0.000000450. The molecule has 87 heavy (non-hydrogen) atoms. The van der Waals surface area contributed by atoms with Crippen molar-refractivity contribution in [3.63, 3.8) is 0 Å². The summed E-state index contributed by atoms with van der Waals surface area (Å²) in [5, 5.41) is 11.7. The maximum absolute atomic E-state index is 12.8. The van der Waals surface area contributed by atoms with E-state index >= 15 is 0 Å². The van der Waals surface area contributed by atoms with Crippen molar-refractivity contribution < 1.29 is 38.2 Å². The van der Waals surface area contributed by atoms with Crippen LogP contribution in [0.5, 0.6) is 17.2 Å². The molecule has 4 heterocycles. The zero-order chi connectivity index (χ0) is 61.3. The number of carbonyl (C=O) groups is 5. The number of nitrogens with zero attached hydrogens (tertiary/aromatic N) is 5. The summed E-state index contributed by atoms with van der Waals surface area (Å²) in [5.41, 5.74) is 9.94. The molecule has 7 rings (SSSR count). The van der Waals surface area contributed by atoms with E-state index in [0.717, 1.165) is 86.6 Å². The van der Waals surface area contributed by atoms with Crippen LogP contribution in [0.3, 0.4) is 0 Å². The lowest BCUT2D eigenvalue weighted by atomic mass is 9.98. The molecular formula is C69H98ClN9O8. The Morgan fingerprint density at radius 3 is 1.16 bits per heavy atom. The van der Waals surface area contributed by atoms with Crippen LogP contribution in [0.2, 0.25) is 0 Å². The van der Waals surface area contributed by atoms with Crippen molar-refractivity contribution in [3.8, 4) is 17.2 Å². The number of benzene rings is 3. The molecule has 17 nitrogen and oxygen atoms in total. The average molecular weight is 1220 g/mol. The van der Waals surface area contributed by atoms with Crippen molar-refractivity contribution in [1.82, 2.24) is 35.3 Å². The predicted octanol–water partition coefficient (Wildman–Crippen LogP) is 12.9. The number of rotatable bonds is 23. The second-order valence-electron chi connectivity index (χ2n) is 21.8. The van der Waals surface area contributed by atoms with Gasteiger partial charge in [-0.2, -0.15) is 0 Å². The number of likely N-dealkylation sites (N-methyl/N-ethyl adjacent to an activating group) is 3. The van der Waals surface area contributed by atoms with Crippen LogP contribution in [0.4, 0.5) is 11.6 Å². The zero-order valence-corrected chi connectivity index (χ0v) is 52.8. The molecule has 2 aromatic heterocycles. The number of halogens is 1. The number of ether oxygens (including phenoxy) is 3. The van der Waals surface area contributed by atoms with Gasteiger partial charge in [-0.3, -0.25) is 24.0 Å². The van der Waals surface area contributed by atoms with E-state index in [1.54, 1.807) is 72.5 Å². The number of nitrogens with one attached hydrogen (secondary N) is 4. The minimum atomic E-state index is -0.111. The highest BCUT2D eigenvalue weighted by molar-refractivity contribution is 5.95. The number of hydrogen-bond donors (Lipinski definition) is 4. The van der Waals surface area contributed by atoms with Crippen LogP contribution in [0, 0.1) is 0 Å². The number of para-hydroxylation sites is 3. The second kappa shape index (κ2) is 38.3. The Hall–Kier alpha value is -7.86. The van der Waals surface area contributed by atoms with Gasteiger partial charge in [0.25, 0.3) is 0 Å². The van der Waals surface area contributed by atoms with Crippen molar-refractivity contribution in [2.75, 3.05) is 64.7 Å². The molecule has 4 N–H and O–H groups in total. The Labute approximate surface area is 525 Å². The fourth-order valence-corrected chi connectivity index (χ4v) is 9.15. The molecule has 2 aliphatic heterocycles. The molecule has 0 saturated heterocycles. The highest BCUT2D eigenvalue weighted by Gasteiger charge is 2.20. The highest BCUT2D eigenvalue weighted by Crippen LogP contribution is 2.34. The molecule has 0 unspecified atom stereocenters. The van der Waals surface area contributed by atoms with Crippen molar-refractivity contribution in [3.05, 3.63) is 160 Å². The van der Waals surface area contributed by atoms with Gasteiger partial charge in [0, 0.05) is 106 Å². The molecule has 0 radical (unpaired) electrons. The summed E-state index contributed by atoms with van der Waals surface area (Å²) in [4.78, 5) is 74.0. The largest absolute Gasteiger partial charge is 0.493 e. The van der Waals surface area contributed by atoms with Gasteiger partial charge in [-0.25, -0.2) is 9.97 Å². The smallest absolute Gasteiger partial charge is 0.246 e. The topological polar surface area (TPSA) is 197 Å². The fourth-order valence-electron chi connectivity index (χ4n) is 9.15. The molecule has 0 atom stereocenters. The molecule has 0 aliphatic carbocycles. The van der Waals surface area contributed by atoms with E-state index in [9.17, 15) is 24.0 Å². The van der Waals surface area contributed by atoms with Crippen molar-refractivity contribution in [2.24, 2.45) is 0 Å². The minimum absolute atomic E-state index is 0. The van der Waals surface area contributed by atoms with E-state index < -0.39 is 0 Å². The summed E-state index contributed by atoms with van der Waals surface area (Å²) >= 11 is 0. The first-order chi connectivity index (χ1) is 40.3. The van der Waals surface area contributed by atoms with Crippen LogP contribution in [0.15, 0.2) is 104 Å². The third-order valence-electron chi connectivity index (χ3n) is 13.7. The molecule has 0 saturated carbocycles.